The molecule has 1 aromatic rings. The molecule has 1 heterocycles. The number of para-hydroxylation sites is 1. The SMILES string of the molecule is C.C[C@@H]1C[C@@H](C)CN(CCCCCOc2ccccc2)C1. The average molecular weight is 291 g/mol. The van der Waals surface area contributed by atoms with Gasteiger partial charge in [0.2, 0.25) is 0 Å². The van der Waals surface area contributed by atoms with Gasteiger partial charge in [0.15, 0.2) is 0 Å². The van der Waals surface area contributed by atoms with Crippen LogP contribution in [0.25, 0.3) is 0 Å². The molecule has 2 heteroatoms. The molecule has 0 bridgehead atoms. The van der Waals surface area contributed by atoms with Crippen molar-refractivity contribution in [3.63, 3.8) is 0 Å². The van der Waals surface area contributed by atoms with Crippen molar-refractivity contribution < 1.29 is 4.74 Å². The van der Waals surface area contributed by atoms with Crippen LogP contribution in [0.5, 0.6) is 5.75 Å². The highest BCUT2D eigenvalue weighted by atomic mass is 16.5. The highest BCUT2D eigenvalue weighted by Gasteiger charge is 2.20. The molecule has 0 amide bonds. The maximum Gasteiger partial charge on any atom is 0.119 e. The molecular weight excluding hydrogens is 258 g/mol. The van der Waals surface area contributed by atoms with Crippen LogP contribution in [0.4, 0.5) is 0 Å². The largest absolute Gasteiger partial charge is 0.494 e. The van der Waals surface area contributed by atoms with Crippen LogP contribution >= 0.6 is 0 Å². The van der Waals surface area contributed by atoms with Crippen LogP contribution in [-0.4, -0.2) is 31.1 Å². The van der Waals surface area contributed by atoms with E-state index in [4.69, 9.17) is 4.74 Å². The zero-order valence-electron chi connectivity index (χ0n) is 13.1. The highest BCUT2D eigenvalue weighted by Crippen LogP contribution is 2.21. The fourth-order valence-electron chi connectivity index (χ4n) is 3.30. The standard InChI is InChI=1S/C18H29NO.CH4/c1-16-13-17(2)15-19(14-16)11-7-4-8-12-20-18-9-5-3-6-10-18;/h3,5-6,9-10,16-17H,4,7-8,11-15H2,1-2H3;1H4/t16-,17-;/m1./s1. The molecule has 0 aliphatic carbocycles. The van der Waals surface area contributed by atoms with E-state index in [0.717, 1.165) is 30.6 Å². The van der Waals surface area contributed by atoms with E-state index >= 15 is 0 Å². The fourth-order valence-corrected chi connectivity index (χ4v) is 3.30. The number of ether oxygens (including phenoxy) is 1. The van der Waals surface area contributed by atoms with Crippen LogP contribution in [0.15, 0.2) is 30.3 Å². The van der Waals surface area contributed by atoms with Crippen LogP contribution < -0.4 is 4.74 Å². The third-order valence-corrected chi connectivity index (χ3v) is 4.08. The Bertz CT molecular complexity index is 355. The number of nitrogens with zero attached hydrogens (tertiary/aromatic N) is 1. The molecule has 0 aromatic heterocycles. The van der Waals surface area contributed by atoms with Crippen molar-refractivity contribution in [3.8, 4) is 5.75 Å². The summed E-state index contributed by atoms with van der Waals surface area (Å²) in [6.45, 7) is 9.47. The molecule has 2 rings (SSSR count). The van der Waals surface area contributed by atoms with E-state index in [-0.39, 0.29) is 7.43 Å². The molecule has 120 valence electrons. The normalized spacial score (nSPS) is 22.6. The smallest absolute Gasteiger partial charge is 0.119 e. The van der Waals surface area contributed by atoms with Crippen molar-refractivity contribution >= 4 is 0 Å². The van der Waals surface area contributed by atoms with Crippen LogP contribution in [0.1, 0.15) is 47.0 Å². The molecule has 1 aliphatic rings. The summed E-state index contributed by atoms with van der Waals surface area (Å²) in [4.78, 5) is 2.65. The second-order valence-electron chi connectivity index (χ2n) is 6.43. The number of likely N-dealkylation sites (tertiary alicyclic amines) is 1. The summed E-state index contributed by atoms with van der Waals surface area (Å²) >= 11 is 0. The van der Waals surface area contributed by atoms with E-state index in [2.05, 4.69) is 18.7 Å². The quantitative estimate of drug-likeness (QED) is 0.666. The molecule has 21 heavy (non-hydrogen) atoms. The van der Waals surface area contributed by atoms with Gasteiger partial charge in [-0.05, 0) is 56.2 Å². The first-order valence-electron chi connectivity index (χ1n) is 8.14. The lowest BCUT2D eigenvalue weighted by atomic mass is 9.92. The molecule has 1 fully saturated rings. The molecule has 1 saturated heterocycles. The zero-order valence-corrected chi connectivity index (χ0v) is 13.1. The Balaban J connectivity index is 0.00000220. The Labute approximate surface area is 131 Å². The van der Waals surface area contributed by atoms with Gasteiger partial charge < -0.3 is 9.64 Å². The van der Waals surface area contributed by atoms with Crippen LogP contribution in [0.3, 0.4) is 0 Å². The van der Waals surface area contributed by atoms with Gasteiger partial charge in [0.25, 0.3) is 0 Å². The second kappa shape index (κ2) is 9.83. The van der Waals surface area contributed by atoms with Crippen molar-refractivity contribution in [1.29, 1.82) is 0 Å². The third kappa shape index (κ3) is 6.99. The van der Waals surface area contributed by atoms with Gasteiger partial charge in [-0.25, -0.2) is 0 Å². The van der Waals surface area contributed by atoms with Crippen molar-refractivity contribution in [2.75, 3.05) is 26.2 Å². The molecule has 0 radical (unpaired) electrons. The third-order valence-electron chi connectivity index (χ3n) is 4.08. The van der Waals surface area contributed by atoms with Crippen molar-refractivity contribution in [2.45, 2.75) is 47.0 Å². The average Bonchev–Trinajstić information content (AvgIpc) is 2.43. The van der Waals surface area contributed by atoms with Crippen molar-refractivity contribution in [2.24, 2.45) is 11.8 Å². The maximum absolute atomic E-state index is 5.72. The first-order chi connectivity index (χ1) is 9.74. The van der Waals surface area contributed by atoms with E-state index in [1.54, 1.807) is 0 Å². The maximum atomic E-state index is 5.72. The highest BCUT2D eigenvalue weighted by molar-refractivity contribution is 5.20. The predicted octanol–water partition coefficient (Wildman–Crippen LogP) is 4.85. The van der Waals surface area contributed by atoms with Gasteiger partial charge >= 0.3 is 0 Å². The monoisotopic (exact) mass is 291 g/mol. The molecule has 0 spiro atoms. The van der Waals surface area contributed by atoms with Gasteiger partial charge in [-0.2, -0.15) is 0 Å². The summed E-state index contributed by atoms with van der Waals surface area (Å²) in [5, 5.41) is 0. The molecule has 0 saturated carbocycles. The first kappa shape index (κ1) is 18.0. The fraction of sp³-hybridized carbons (Fsp3) is 0.684. The Morgan fingerprint density at radius 1 is 1.00 bits per heavy atom. The molecular formula is C19H33NO. The van der Waals surface area contributed by atoms with Crippen LogP contribution in [0, 0.1) is 11.8 Å². The van der Waals surface area contributed by atoms with E-state index < -0.39 is 0 Å². The number of hydrogen-bond acceptors (Lipinski definition) is 2. The van der Waals surface area contributed by atoms with Crippen LogP contribution in [-0.2, 0) is 0 Å². The summed E-state index contributed by atoms with van der Waals surface area (Å²) in [7, 11) is 0. The van der Waals surface area contributed by atoms with Crippen LogP contribution in [0.2, 0.25) is 0 Å². The van der Waals surface area contributed by atoms with E-state index in [1.807, 2.05) is 30.3 Å². The first-order valence-corrected chi connectivity index (χ1v) is 8.14. The Morgan fingerprint density at radius 3 is 2.33 bits per heavy atom. The number of rotatable bonds is 7. The number of unbranched alkanes of at least 4 members (excludes halogenated alkanes) is 2. The van der Waals surface area contributed by atoms with Gasteiger partial charge in [-0.3, -0.25) is 0 Å². The van der Waals surface area contributed by atoms with Gasteiger partial charge in [0, 0.05) is 13.1 Å². The topological polar surface area (TPSA) is 12.5 Å². The molecule has 1 aliphatic heterocycles. The number of hydrogen-bond donors (Lipinski definition) is 0. The van der Waals surface area contributed by atoms with Crippen molar-refractivity contribution in [1.82, 2.24) is 4.90 Å². The molecule has 0 N–H and O–H groups in total. The lowest BCUT2D eigenvalue weighted by molar-refractivity contribution is 0.138. The predicted molar refractivity (Wildman–Crippen MR) is 91.9 cm³/mol. The summed E-state index contributed by atoms with van der Waals surface area (Å²) in [6, 6.07) is 10.1. The van der Waals surface area contributed by atoms with Crippen molar-refractivity contribution in [3.05, 3.63) is 30.3 Å². The Morgan fingerprint density at radius 2 is 1.67 bits per heavy atom. The van der Waals surface area contributed by atoms with Gasteiger partial charge in [0.1, 0.15) is 5.75 Å². The molecule has 1 aromatic carbocycles. The molecule has 2 atom stereocenters. The minimum absolute atomic E-state index is 0. The molecule has 2 nitrogen and oxygen atoms in total. The minimum Gasteiger partial charge on any atom is -0.494 e. The van der Waals surface area contributed by atoms with E-state index in [1.165, 1.54) is 38.9 Å². The minimum atomic E-state index is 0. The lowest BCUT2D eigenvalue weighted by Crippen LogP contribution is -2.39. The Hall–Kier alpha value is -1.02. The number of benzene rings is 1. The van der Waals surface area contributed by atoms with E-state index in [0.29, 0.717) is 0 Å². The van der Waals surface area contributed by atoms with Gasteiger partial charge in [0.05, 0.1) is 6.61 Å². The second-order valence-corrected chi connectivity index (χ2v) is 6.43. The summed E-state index contributed by atoms with van der Waals surface area (Å²) in [5.74, 6) is 2.74. The lowest BCUT2D eigenvalue weighted by Gasteiger charge is -2.34. The summed E-state index contributed by atoms with van der Waals surface area (Å²) in [6.07, 6.45) is 5.14. The van der Waals surface area contributed by atoms with Gasteiger partial charge in [-0.15, -0.1) is 0 Å². The number of piperidine rings is 1. The zero-order chi connectivity index (χ0) is 14.2. The summed E-state index contributed by atoms with van der Waals surface area (Å²) < 4.78 is 5.72. The van der Waals surface area contributed by atoms with Gasteiger partial charge in [-0.1, -0.05) is 39.5 Å². The Kier molecular flexibility index (Phi) is 8.44. The summed E-state index contributed by atoms with van der Waals surface area (Å²) in [5.41, 5.74) is 0. The van der Waals surface area contributed by atoms with E-state index in [9.17, 15) is 0 Å². The molecule has 0 unspecified atom stereocenters.